The van der Waals surface area contributed by atoms with Crippen LogP contribution in [-0.2, 0) is 4.74 Å². The van der Waals surface area contributed by atoms with Crippen molar-refractivity contribution in [2.24, 2.45) is 0 Å². The fourth-order valence-electron chi connectivity index (χ4n) is 1.44. The van der Waals surface area contributed by atoms with E-state index in [1.165, 1.54) is 12.1 Å². The van der Waals surface area contributed by atoms with Crippen molar-refractivity contribution in [2.45, 2.75) is 6.92 Å². The lowest BCUT2D eigenvalue weighted by molar-refractivity contribution is 0.0522. The van der Waals surface area contributed by atoms with Crippen molar-refractivity contribution in [1.29, 1.82) is 0 Å². The molecule has 1 aromatic heterocycles. The molecule has 0 unspecified atom stereocenters. The smallest absolute Gasteiger partial charge is 0.351 e. The summed E-state index contributed by atoms with van der Waals surface area (Å²) in [5, 5.41) is 1.08. The van der Waals surface area contributed by atoms with Gasteiger partial charge in [0.05, 0.1) is 6.61 Å². The number of hydrogen-bond acceptors (Lipinski definition) is 4. The third kappa shape index (κ3) is 2.31. The Bertz CT molecular complexity index is 630. The highest BCUT2D eigenvalue weighted by atomic mass is 35.5. The van der Waals surface area contributed by atoms with Gasteiger partial charge in [0.25, 0.3) is 0 Å². The summed E-state index contributed by atoms with van der Waals surface area (Å²) >= 11 is 5.77. The molecule has 5 heteroatoms. The molecule has 88 valence electrons. The maximum absolute atomic E-state index is 11.6. The number of carbonyl (C=O) groups excluding carboxylic acids is 1. The Morgan fingerprint density at radius 1 is 1.41 bits per heavy atom. The van der Waals surface area contributed by atoms with Crippen LogP contribution in [0.5, 0.6) is 0 Å². The lowest BCUT2D eigenvalue weighted by Crippen LogP contribution is -2.16. The molecule has 0 aliphatic heterocycles. The van der Waals surface area contributed by atoms with E-state index in [0.29, 0.717) is 16.0 Å². The summed E-state index contributed by atoms with van der Waals surface area (Å²) in [6, 6.07) is 6.28. The molecule has 1 aromatic carbocycles. The molecule has 0 bridgehead atoms. The molecule has 2 rings (SSSR count). The average molecular weight is 253 g/mol. The highest BCUT2D eigenvalue weighted by Crippen LogP contribution is 2.18. The second-order valence-electron chi connectivity index (χ2n) is 3.35. The zero-order valence-electron chi connectivity index (χ0n) is 9.03. The fourth-order valence-corrected chi connectivity index (χ4v) is 1.60. The summed E-state index contributed by atoms with van der Waals surface area (Å²) < 4.78 is 9.76. The van der Waals surface area contributed by atoms with E-state index in [0.717, 1.165) is 0 Å². The van der Waals surface area contributed by atoms with Crippen molar-refractivity contribution >= 4 is 28.5 Å². The zero-order chi connectivity index (χ0) is 12.4. The summed E-state index contributed by atoms with van der Waals surface area (Å²) in [5.74, 6) is -0.682. The van der Waals surface area contributed by atoms with Crippen molar-refractivity contribution in [2.75, 3.05) is 6.61 Å². The molecule has 0 radical (unpaired) electrons. The standard InChI is InChI=1S/C12H9ClO4/c1-2-16-11(14)9-5-7-3-4-8(13)6-10(7)17-12(9)15/h3-6H,2H2,1H3. The summed E-state index contributed by atoms with van der Waals surface area (Å²) in [4.78, 5) is 23.0. The first-order chi connectivity index (χ1) is 8.11. The molecule has 4 nitrogen and oxygen atoms in total. The highest BCUT2D eigenvalue weighted by molar-refractivity contribution is 6.31. The normalized spacial score (nSPS) is 10.5. The Morgan fingerprint density at radius 2 is 2.18 bits per heavy atom. The molecule has 0 N–H and O–H groups in total. The molecule has 2 aromatic rings. The van der Waals surface area contributed by atoms with Crippen LogP contribution in [-0.4, -0.2) is 12.6 Å². The van der Waals surface area contributed by atoms with Gasteiger partial charge >= 0.3 is 11.6 Å². The van der Waals surface area contributed by atoms with Gasteiger partial charge in [-0.25, -0.2) is 9.59 Å². The van der Waals surface area contributed by atoms with E-state index in [9.17, 15) is 9.59 Å². The van der Waals surface area contributed by atoms with E-state index in [4.69, 9.17) is 20.8 Å². The van der Waals surface area contributed by atoms with Crippen LogP contribution in [0.25, 0.3) is 11.0 Å². The molecule has 0 saturated carbocycles. The van der Waals surface area contributed by atoms with Crippen LogP contribution in [0, 0.1) is 0 Å². The number of carbonyl (C=O) groups is 1. The molecule has 0 atom stereocenters. The summed E-state index contributed by atoms with van der Waals surface area (Å²) in [7, 11) is 0. The van der Waals surface area contributed by atoms with Gasteiger partial charge in [-0.2, -0.15) is 0 Å². The molecular formula is C12H9ClO4. The minimum absolute atomic E-state index is 0.110. The van der Waals surface area contributed by atoms with Crippen molar-refractivity contribution in [3.8, 4) is 0 Å². The molecule has 0 amide bonds. The van der Waals surface area contributed by atoms with E-state index in [2.05, 4.69) is 0 Å². The first-order valence-corrected chi connectivity index (χ1v) is 5.40. The van der Waals surface area contributed by atoms with Gasteiger partial charge in [0.2, 0.25) is 0 Å². The summed E-state index contributed by atoms with van der Waals surface area (Å²) in [6.07, 6.45) is 0. The van der Waals surface area contributed by atoms with Gasteiger partial charge < -0.3 is 9.15 Å². The number of ether oxygens (including phenoxy) is 1. The van der Waals surface area contributed by atoms with Crippen molar-refractivity contribution < 1.29 is 13.9 Å². The SMILES string of the molecule is CCOC(=O)c1cc2ccc(Cl)cc2oc1=O. The Hall–Kier alpha value is -1.81. The van der Waals surface area contributed by atoms with Crippen molar-refractivity contribution in [3.05, 3.63) is 45.3 Å². The second kappa shape index (κ2) is 4.59. The number of esters is 1. The number of hydrogen-bond donors (Lipinski definition) is 0. The van der Waals surface area contributed by atoms with Crippen LogP contribution in [0.3, 0.4) is 0 Å². The second-order valence-corrected chi connectivity index (χ2v) is 3.79. The van der Waals surface area contributed by atoms with Crippen LogP contribution in [0.1, 0.15) is 17.3 Å². The Kier molecular flexibility index (Phi) is 3.15. The maximum Gasteiger partial charge on any atom is 0.351 e. The first-order valence-electron chi connectivity index (χ1n) is 5.02. The van der Waals surface area contributed by atoms with Gasteiger partial charge in [-0.05, 0) is 25.1 Å². The van der Waals surface area contributed by atoms with E-state index in [-0.39, 0.29) is 12.2 Å². The summed E-state index contributed by atoms with van der Waals surface area (Å²) in [5.41, 5.74) is -0.490. The van der Waals surface area contributed by atoms with E-state index >= 15 is 0 Å². The lowest BCUT2D eigenvalue weighted by atomic mass is 10.2. The van der Waals surface area contributed by atoms with Crippen LogP contribution in [0.4, 0.5) is 0 Å². The van der Waals surface area contributed by atoms with E-state index < -0.39 is 11.6 Å². The maximum atomic E-state index is 11.6. The monoisotopic (exact) mass is 252 g/mol. The third-order valence-electron chi connectivity index (χ3n) is 2.19. The Balaban J connectivity index is 2.60. The van der Waals surface area contributed by atoms with Gasteiger partial charge in [0.1, 0.15) is 11.1 Å². The molecule has 17 heavy (non-hydrogen) atoms. The van der Waals surface area contributed by atoms with Crippen LogP contribution < -0.4 is 5.63 Å². The molecule has 1 heterocycles. The molecule has 0 aliphatic rings. The molecule has 0 saturated heterocycles. The predicted octanol–water partition coefficient (Wildman–Crippen LogP) is 2.62. The Labute approximate surface area is 102 Å². The van der Waals surface area contributed by atoms with Gasteiger partial charge in [-0.15, -0.1) is 0 Å². The van der Waals surface area contributed by atoms with Crippen LogP contribution >= 0.6 is 11.6 Å². The molecule has 0 spiro atoms. The molecular weight excluding hydrogens is 244 g/mol. The van der Waals surface area contributed by atoms with E-state index in [1.807, 2.05) is 0 Å². The number of rotatable bonds is 2. The molecule has 0 fully saturated rings. The lowest BCUT2D eigenvalue weighted by Gasteiger charge is -2.02. The van der Waals surface area contributed by atoms with Gasteiger partial charge in [0, 0.05) is 16.5 Å². The quantitative estimate of drug-likeness (QED) is 0.609. The number of benzene rings is 1. The Morgan fingerprint density at radius 3 is 2.88 bits per heavy atom. The number of fused-ring (bicyclic) bond motifs is 1. The zero-order valence-corrected chi connectivity index (χ0v) is 9.78. The fraction of sp³-hybridized carbons (Fsp3) is 0.167. The highest BCUT2D eigenvalue weighted by Gasteiger charge is 2.14. The minimum Gasteiger partial charge on any atom is -0.462 e. The topological polar surface area (TPSA) is 56.5 Å². The van der Waals surface area contributed by atoms with Crippen molar-refractivity contribution in [3.63, 3.8) is 0 Å². The first kappa shape index (κ1) is 11.7. The largest absolute Gasteiger partial charge is 0.462 e. The van der Waals surface area contributed by atoms with E-state index in [1.54, 1.807) is 19.1 Å². The van der Waals surface area contributed by atoms with Crippen molar-refractivity contribution in [1.82, 2.24) is 0 Å². The van der Waals surface area contributed by atoms with Crippen LogP contribution in [0.15, 0.2) is 33.5 Å². The molecule has 0 aliphatic carbocycles. The predicted molar refractivity (Wildman–Crippen MR) is 63.5 cm³/mol. The van der Waals surface area contributed by atoms with Gasteiger partial charge in [0.15, 0.2) is 0 Å². The minimum atomic E-state index is -0.724. The number of halogens is 1. The third-order valence-corrected chi connectivity index (χ3v) is 2.43. The van der Waals surface area contributed by atoms with Gasteiger partial charge in [-0.1, -0.05) is 11.6 Å². The van der Waals surface area contributed by atoms with Crippen LogP contribution in [0.2, 0.25) is 5.02 Å². The average Bonchev–Trinajstić information content (AvgIpc) is 2.28. The van der Waals surface area contributed by atoms with Gasteiger partial charge in [-0.3, -0.25) is 0 Å². The summed E-state index contributed by atoms with van der Waals surface area (Å²) in [6.45, 7) is 1.87.